The van der Waals surface area contributed by atoms with Crippen molar-refractivity contribution in [1.29, 1.82) is 0 Å². The molecule has 0 saturated carbocycles. The molecule has 116 valence electrons. The predicted octanol–water partition coefficient (Wildman–Crippen LogP) is 3.55. The first-order valence-electron chi connectivity index (χ1n) is 7.62. The van der Waals surface area contributed by atoms with Crippen molar-refractivity contribution in [1.82, 2.24) is 9.97 Å². The fourth-order valence-electron chi connectivity index (χ4n) is 2.56. The molecule has 0 saturated heterocycles. The van der Waals surface area contributed by atoms with Crippen molar-refractivity contribution in [3.8, 4) is 0 Å². The minimum atomic E-state index is 0.488. The average Bonchev–Trinajstić information content (AvgIpc) is 2.88. The summed E-state index contributed by atoms with van der Waals surface area (Å²) in [5.41, 5.74) is 2.59. The molecule has 21 heavy (non-hydrogen) atoms. The van der Waals surface area contributed by atoms with Gasteiger partial charge in [0.1, 0.15) is 10.6 Å². The third-order valence-electron chi connectivity index (χ3n) is 3.94. The molecule has 6 heteroatoms. The SMILES string of the molecule is CCC(CC)CN(CC)c1nc(NN)nc2sc(C)cc12. The van der Waals surface area contributed by atoms with E-state index in [0.717, 1.165) is 29.1 Å². The number of anilines is 2. The number of hydrogen-bond acceptors (Lipinski definition) is 6. The molecule has 0 bridgehead atoms. The Kier molecular flexibility index (Phi) is 5.36. The van der Waals surface area contributed by atoms with Crippen LogP contribution in [-0.2, 0) is 0 Å². The Morgan fingerprint density at radius 3 is 2.57 bits per heavy atom. The number of nitrogens with two attached hydrogens (primary N) is 1. The number of aryl methyl sites for hydroxylation is 1. The molecule has 2 rings (SSSR count). The van der Waals surface area contributed by atoms with E-state index in [4.69, 9.17) is 5.84 Å². The largest absolute Gasteiger partial charge is 0.356 e. The first-order chi connectivity index (χ1) is 10.1. The van der Waals surface area contributed by atoms with Crippen molar-refractivity contribution < 1.29 is 0 Å². The van der Waals surface area contributed by atoms with Crippen molar-refractivity contribution in [2.45, 2.75) is 40.5 Å². The van der Waals surface area contributed by atoms with Crippen molar-refractivity contribution >= 4 is 33.3 Å². The van der Waals surface area contributed by atoms with Crippen LogP contribution >= 0.6 is 11.3 Å². The molecule has 0 aliphatic rings. The Balaban J connectivity index is 2.45. The molecular formula is C15H25N5S. The lowest BCUT2D eigenvalue weighted by molar-refractivity contribution is 0.485. The van der Waals surface area contributed by atoms with Crippen LogP contribution in [-0.4, -0.2) is 23.1 Å². The van der Waals surface area contributed by atoms with Gasteiger partial charge >= 0.3 is 0 Å². The van der Waals surface area contributed by atoms with Gasteiger partial charge in [-0.1, -0.05) is 26.7 Å². The van der Waals surface area contributed by atoms with E-state index in [1.807, 2.05) is 0 Å². The molecule has 5 nitrogen and oxygen atoms in total. The molecule has 0 spiro atoms. The third kappa shape index (κ3) is 3.44. The van der Waals surface area contributed by atoms with E-state index in [1.54, 1.807) is 11.3 Å². The molecule has 0 aromatic carbocycles. The first-order valence-corrected chi connectivity index (χ1v) is 8.44. The maximum absolute atomic E-state index is 5.52. The van der Waals surface area contributed by atoms with Crippen LogP contribution in [0.25, 0.3) is 10.2 Å². The molecule has 0 unspecified atom stereocenters. The zero-order chi connectivity index (χ0) is 15.4. The number of rotatable bonds is 7. The summed E-state index contributed by atoms with van der Waals surface area (Å²) < 4.78 is 0. The Bertz CT molecular complexity index is 591. The van der Waals surface area contributed by atoms with Crippen LogP contribution in [0.1, 0.15) is 38.5 Å². The van der Waals surface area contributed by atoms with E-state index in [-0.39, 0.29) is 0 Å². The fourth-order valence-corrected chi connectivity index (χ4v) is 3.43. The lowest BCUT2D eigenvalue weighted by Gasteiger charge is -2.27. The Hall–Kier alpha value is -1.40. The quantitative estimate of drug-likeness (QED) is 0.605. The van der Waals surface area contributed by atoms with Gasteiger partial charge in [-0.2, -0.15) is 4.98 Å². The van der Waals surface area contributed by atoms with Crippen molar-refractivity contribution in [2.24, 2.45) is 11.8 Å². The molecule has 3 N–H and O–H groups in total. The van der Waals surface area contributed by atoms with Crippen LogP contribution in [0.5, 0.6) is 0 Å². The predicted molar refractivity (Wildman–Crippen MR) is 91.9 cm³/mol. The highest BCUT2D eigenvalue weighted by molar-refractivity contribution is 7.18. The van der Waals surface area contributed by atoms with E-state index in [2.05, 4.69) is 54.1 Å². The molecular weight excluding hydrogens is 282 g/mol. The van der Waals surface area contributed by atoms with Crippen molar-refractivity contribution in [3.05, 3.63) is 10.9 Å². The van der Waals surface area contributed by atoms with Crippen LogP contribution in [0, 0.1) is 12.8 Å². The van der Waals surface area contributed by atoms with E-state index < -0.39 is 0 Å². The lowest BCUT2D eigenvalue weighted by atomic mass is 10.0. The monoisotopic (exact) mass is 307 g/mol. The highest BCUT2D eigenvalue weighted by Crippen LogP contribution is 2.32. The molecule has 2 aromatic rings. The van der Waals surface area contributed by atoms with Gasteiger partial charge in [-0.15, -0.1) is 11.3 Å². The van der Waals surface area contributed by atoms with Crippen LogP contribution < -0.4 is 16.2 Å². The first kappa shape index (κ1) is 16.0. The molecule has 0 fully saturated rings. The standard InChI is InChI=1S/C15H25N5S/c1-5-11(6-2)9-20(7-3)13-12-8-10(4)21-14(12)18-15(17-13)19-16/h8,11H,5-7,9,16H2,1-4H3,(H,17,18,19). The van der Waals surface area contributed by atoms with Gasteiger partial charge < -0.3 is 4.90 Å². The molecule has 0 amide bonds. The maximum atomic E-state index is 5.52. The Morgan fingerprint density at radius 2 is 2.00 bits per heavy atom. The third-order valence-corrected chi connectivity index (χ3v) is 4.88. The summed E-state index contributed by atoms with van der Waals surface area (Å²) in [4.78, 5) is 13.6. The van der Waals surface area contributed by atoms with Gasteiger partial charge in [-0.05, 0) is 25.8 Å². The average molecular weight is 307 g/mol. The van der Waals surface area contributed by atoms with E-state index in [9.17, 15) is 0 Å². The number of nitrogens with one attached hydrogen (secondary N) is 1. The number of aromatic nitrogens is 2. The highest BCUT2D eigenvalue weighted by atomic mass is 32.1. The number of thiophene rings is 1. The smallest absolute Gasteiger partial charge is 0.240 e. The van der Waals surface area contributed by atoms with Gasteiger partial charge in [0.15, 0.2) is 0 Å². The van der Waals surface area contributed by atoms with Crippen LogP contribution in [0.4, 0.5) is 11.8 Å². The molecule has 0 aliphatic carbocycles. The Labute approximate surface area is 130 Å². The van der Waals surface area contributed by atoms with Crippen molar-refractivity contribution in [2.75, 3.05) is 23.4 Å². The van der Waals surface area contributed by atoms with Gasteiger partial charge in [0.25, 0.3) is 0 Å². The van der Waals surface area contributed by atoms with E-state index in [0.29, 0.717) is 11.9 Å². The summed E-state index contributed by atoms with van der Waals surface area (Å²) in [5, 5.41) is 1.13. The summed E-state index contributed by atoms with van der Waals surface area (Å²) in [6.07, 6.45) is 2.37. The summed E-state index contributed by atoms with van der Waals surface area (Å²) in [6.45, 7) is 10.7. The molecule has 2 aromatic heterocycles. The molecule has 0 aliphatic heterocycles. The fraction of sp³-hybridized carbons (Fsp3) is 0.600. The summed E-state index contributed by atoms with van der Waals surface area (Å²) in [7, 11) is 0. The zero-order valence-corrected chi connectivity index (χ0v) is 14.1. The zero-order valence-electron chi connectivity index (χ0n) is 13.3. The summed E-state index contributed by atoms with van der Waals surface area (Å²) >= 11 is 1.68. The van der Waals surface area contributed by atoms with Gasteiger partial charge in [0.05, 0.1) is 5.39 Å². The van der Waals surface area contributed by atoms with E-state index in [1.165, 1.54) is 17.7 Å². The number of hydrazine groups is 1. The Morgan fingerprint density at radius 1 is 1.29 bits per heavy atom. The number of nitrogen functional groups attached to an aromatic ring is 1. The summed E-state index contributed by atoms with van der Waals surface area (Å²) in [6, 6.07) is 2.17. The summed E-state index contributed by atoms with van der Waals surface area (Å²) in [5.74, 6) is 7.69. The number of nitrogens with zero attached hydrogens (tertiary/aromatic N) is 3. The van der Waals surface area contributed by atoms with Crippen LogP contribution in [0.15, 0.2) is 6.07 Å². The van der Waals surface area contributed by atoms with Gasteiger partial charge in [0, 0.05) is 18.0 Å². The molecule has 0 atom stereocenters. The van der Waals surface area contributed by atoms with Gasteiger partial charge in [-0.25, -0.2) is 10.8 Å². The number of fused-ring (bicyclic) bond motifs is 1. The molecule has 2 heterocycles. The second-order valence-electron chi connectivity index (χ2n) is 5.31. The normalized spacial score (nSPS) is 11.3. The van der Waals surface area contributed by atoms with Crippen molar-refractivity contribution in [3.63, 3.8) is 0 Å². The minimum Gasteiger partial charge on any atom is -0.356 e. The maximum Gasteiger partial charge on any atom is 0.240 e. The number of hydrogen-bond donors (Lipinski definition) is 2. The van der Waals surface area contributed by atoms with Crippen LogP contribution in [0.3, 0.4) is 0 Å². The topological polar surface area (TPSA) is 67.1 Å². The second kappa shape index (κ2) is 7.04. The van der Waals surface area contributed by atoms with Gasteiger partial charge in [-0.3, -0.25) is 5.43 Å². The highest BCUT2D eigenvalue weighted by Gasteiger charge is 2.17. The second-order valence-corrected chi connectivity index (χ2v) is 6.55. The lowest BCUT2D eigenvalue weighted by Crippen LogP contribution is -2.30. The van der Waals surface area contributed by atoms with Crippen LogP contribution in [0.2, 0.25) is 0 Å². The molecule has 0 radical (unpaired) electrons. The van der Waals surface area contributed by atoms with E-state index >= 15 is 0 Å². The van der Waals surface area contributed by atoms with Gasteiger partial charge in [0.2, 0.25) is 5.95 Å². The minimum absolute atomic E-state index is 0.488.